The van der Waals surface area contributed by atoms with Crippen LogP contribution < -0.4 is 11.1 Å². The van der Waals surface area contributed by atoms with Crippen molar-refractivity contribution < 1.29 is 18.7 Å². The van der Waals surface area contributed by atoms with Crippen molar-refractivity contribution in [3.05, 3.63) is 23.7 Å². The molecule has 0 saturated carbocycles. The Kier molecular flexibility index (Phi) is 4.18. The highest BCUT2D eigenvalue weighted by molar-refractivity contribution is 5.87. The lowest BCUT2D eigenvalue weighted by molar-refractivity contribution is -0.124. The Balaban J connectivity index is 2.13. The second kappa shape index (κ2) is 5.85. The molecule has 0 aromatic carbocycles. The van der Waals surface area contributed by atoms with Crippen LogP contribution in [0.2, 0.25) is 0 Å². The van der Waals surface area contributed by atoms with Crippen molar-refractivity contribution in [1.29, 1.82) is 0 Å². The lowest BCUT2D eigenvalue weighted by Gasteiger charge is -2.33. The summed E-state index contributed by atoms with van der Waals surface area (Å²) in [6.07, 6.45) is 1.43. The van der Waals surface area contributed by atoms with Crippen molar-refractivity contribution >= 4 is 11.9 Å². The van der Waals surface area contributed by atoms with Crippen LogP contribution in [-0.4, -0.2) is 49.6 Å². The first-order valence-corrected chi connectivity index (χ1v) is 6.02. The first kappa shape index (κ1) is 13.6. The Hall–Kier alpha value is -1.86. The molecule has 2 rings (SSSR count). The smallest absolute Gasteiger partial charge is 0.374 e. The van der Waals surface area contributed by atoms with Crippen LogP contribution in [0.3, 0.4) is 0 Å². The molecule has 0 bridgehead atoms. The number of hydrogen-bond acceptors (Lipinski definition) is 6. The number of carbonyl (C=O) groups excluding carboxylic acids is 2. The standard InChI is InChI=1S/C12H17N3O4/c1-18-12(17)10-8(2-5-19-10)7-15-4-3-14-6-9(15)11(13)16/h2,5,9,14H,3-4,6-7H2,1H3,(H2,13,16). The fraction of sp³-hybridized carbons (Fsp3) is 0.500. The van der Waals surface area contributed by atoms with Gasteiger partial charge in [0.25, 0.3) is 0 Å². The zero-order valence-electron chi connectivity index (χ0n) is 10.7. The largest absolute Gasteiger partial charge is 0.463 e. The van der Waals surface area contributed by atoms with E-state index >= 15 is 0 Å². The van der Waals surface area contributed by atoms with E-state index in [0.717, 1.165) is 6.54 Å². The highest BCUT2D eigenvalue weighted by atomic mass is 16.5. The van der Waals surface area contributed by atoms with Crippen LogP contribution >= 0.6 is 0 Å². The third-order valence-corrected chi connectivity index (χ3v) is 3.17. The van der Waals surface area contributed by atoms with Crippen LogP contribution in [0.5, 0.6) is 0 Å². The maximum atomic E-state index is 11.5. The second-order valence-electron chi connectivity index (χ2n) is 4.36. The number of methoxy groups -OCH3 is 1. The molecule has 1 aliphatic rings. The molecule has 19 heavy (non-hydrogen) atoms. The molecular weight excluding hydrogens is 250 g/mol. The van der Waals surface area contributed by atoms with Crippen molar-refractivity contribution in [1.82, 2.24) is 10.2 Å². The van der Waals surface area contributed by atoms with Gasteiger partial charge in [0.2, 0.25) is 11.7 Å². The van der Waals surface area contributed by atoms with Crippen molar-refractivity contribution in [2.24, 2.45) is 5.73 Å². The number of esters is 1. The Morgan fingerprint density at radius 2 is 2.42 bits per heavy atom. The van der Waals surface area contributed by atoms with Gasteiger partial charge in [-0.1, -0.05) is 0 Å². The Morgan fingerprint density at radius 1 is 1.63 bits per heavy atom. The zero-order chi connectivity index (χ0) is 13.8. The molecule has 0 spiro atoms. The van der Waals surface area contributed by atoms with Gasteiger partial charge in [-0.3, -0.25) is 9.69 Å². The first-order chi connectivity index (χ1) is 9.13. The van der Waals surface area contributed by atoms with Gasteiger partial charge in [0, 0.05) is 31.7 Å². The van der Waals surface area contributed by atoms with Crippen molar-refractivity contribution in [2.75, 3.05) is 26.7 Å². The van der Waals surface area contributed by atoms with E-state index in [1.54, 1.807) is 6.07 Å². The van der Waals surface area contributed by atoms with Gasteiger partial charge in [-0.2, -0.15) is 0 Å². The lowest BCUT2D eigenvalue weighted by Crippen LogP contribution is -2.56. The van der Waals surface area contributed by atoms with E-state index < -0.39 is 5.97 Å². The van der Waals surface area contributed by atoms with E-state index in [9.17, 15) is 9.59 Å². The molecule has 1 aromatic heterocycles. The number of carbonyl (C=O) groups is 2. The molecular formula is C12H17N3O4. The van der Waals surface area contributed by atoms with Gasteiger partial charge < -0.3 is 20.2 Å². The maximum Gasteiger partial charge on any atom is 0.374 e. The number of piperazine rings is 1. The van der Waals surface area contributed by atoms with Crippen LogP contribution in [0.25, 0.3) is 0 Å². The third-order valence-electron chi connectivity index (χ3n) is 3.17. The fourth-order valence-electron chi connectivity index (χ4n) is 2.17. The van der Waals surface area contributed by atoms with Crippen molar-refractivity contribution in [3.8, 4) is 0 Å². The molecule has 1 fully saturated rings. The third kappa shape index (κ3) is 2.94. The minimum absolute atomic E-state index is 0.171. The minimum atomic E-state index is -0.522. The van der Waals surface area contributed by atoms with E-state index in [2.05, 4.69) is 10.1 Å². The topological polar surface area (TPSA) is 97.8 Å². The quantitative estimate of drug-likeness (QED) is 0.702. The molecule has 1 aliphatic heterocycles. The van der Waals surface area contributed by atoms with Crippen molar-refractivity contribution in [3.63, 3.8) is 0 Å². The molecule has 1 saturated heterocycles. The average Bonchev–Trinajstić information content (AvgIpc) is 2.86. The van der Waals surface area contributed by atoms with E-state index in [1.807, 2.05) is 4.90 Å². The monoisotopic (exact) mass is 267 g/mol. The van der Waals surface area contributed by atoms with Gasteiger partial charge >= 0.3 is 5.97 Å². The highest BCUT2D eigenvalue weighted by Gasteiger charge is 2.28. The molecule has 0 radical (unpaired) electrons. The molecule has 7 heteroatoms. The number of nitrogens with two attached hydrogens (primary N) is 1. The van der Waals surface area contributed by atoms with Crippen LogP contribution in [0, 0.1) is 0 Å². The number of furan rings is 1. The summed E-state index contributed by atoms with van der Waals surface area (Å²) in [7, 11) is 1.30. The molecule has 1 atom stereocenters. The van der Waals surface area contributed by atoms with Gasteiger partial charge in [-0.15, -0.1) is 0 Å². The highest BCUT2D eigenvalue weighted by Crippen LogP contribution is 2.16. The van der Waals surface area contributed by atoms with Gasteiger partial charge in [-0.25, -0.2) is 4.79 Å². The second-order valence-corrected chi connectivity index (χ2v) is 4.36. The minimum Gasteiger partial charge on any atom is -0.463 e. The van der Waals surface area contributed by atoms with Gasteiger partial charge in [0.05, 0.1) is 13.4 Å². The maximum absolute atomic E-state index is 11.5. The Bertz CT molecular complexity index is 471. The fourth-order valence-corrected chi connectivity index (χ4v) is 2.17. The summed E-state index contributed by atoms with van der Waals surface area (Å²) in [5, 5.41) is 3.12. The SMILES string of the molecule is COC(=O)c1occc1CN1CCNCC1C(N)=O. The summed E-state index contributed by atoms with van der Waals surface area (Å²) in [6.45, 7) is 2.39. The molecule has 3 N–H and O–H groups in total. The summed E-state index contributed by atoms with van der Waals surface area (Å²) >= 11 is 0. The summed E-state index contributed by atoms with van der Waals surface area (Å²) < 4.78 is 9.77. The predicted molar refractivity (Wildman–Crippen MR) is 66.3 cm³/mol. The molecule has 104 valence electrons. The molecule has 1 aromatic rings. The summed E-state index contributed by atoms with van der Waals surface area (Å²) in [5.41, 5.74) is 6.07. The molecule has 0 aliphatic carbocycles. The predicted octanol–water partition coefficient (Wildman–Crippen LogP) is -0.675. The van der Waals surface area contributed by atoms with E-state index in [0.29, 0.717) is 25.2 Å². The van der Waals surface area contributed by atoms with Crippen LogP contribution in [0.1, 0.15) is 16.1 Å². The number of nitrogens with one attached hydrogen (secondary N) is 1. The Labute approximate surface area is 110 Å². The molecule has 1 unspecified atom stereocenters. The summed E-state index contributed by atoms with van der Waals surface area (Å²) in [4.78, 5) is 24.8. The van der Waals surface area contributed by atoms with Gasteiger partial charge in [0.15, 0.2) is 0 Å². The van der Waals surface area contributed by atoms with Crippen LogP contribution in [0.4, 0.5) is 0 Å². The molecule has 1 amide bonds. The zero-order valence-corrected chi connectivity index (χ0v) is 10.7. The van der Waals surface area contributed by atoms with Crippen LogP contribution in [-0.2, 0) is 16.1 Å². The van der Waals surface area contributed by atoms with E-state index in [-0.39, 0.29) is 17.7 Å². The normalized spacial score (nSPS) is 20.2. The number of primary amides is 1. The average molecular weight is 267 g/mol. The number of nitrogens with zero attached hydrogens (tertiary/aromatic N) is 1. The lowest BCUT2D eigenvalue weighted by atomic mass is 10.1. The molecule has 2 heterocycles. The first-order valence-electron chi connectivity index (χ1n) is 6.02. The van der Waals surface area contributed by atoms with Crippen molar-refractivity contribution in [2.45, 2.75) is 12.6 Å². The number of rotatable bonds is 4. The number of amides is 1. The van der Waals surface area contributed by atoms with E-state index in [1.165, 1.54) is 13.4 Å². The number of ether oxygens (including phenoxy) is 1. The Morgan fingerprint density at radius 3 is 3.11 bits per heavy atom. The number of hydrogen-bond donors (Lipinski definition) is 2. The summed E-state index contributed by atoms with van der Waals surface area (Å²) in [6, 6.07) is 1.32. The summed E-state index contributed by atoms with van der Waals surface area (Å²) in [5.74, 6) is -0.731. The van der Waals surface area contributed by atoms with Gasteiger partial charge in [0.1, 0.15) is 6.04 Å². The van der Waals surface area contributed by atoms with E-state index in [4.69, 9.17) is 10.2 Å². The molecule has 7 nitrogen and oxygen atoms in total. The van der Waals surface area contributed by atoms with Crippen LogP contribution in [0.15, 0.2) is 16.7 Å². The van der Waals surface area contributed by atoms with Gasteiger partial charge in [-0.05, 0) is 6.07 Å².